The molecule has 1 heterocycles. The normalized spacial score (nSPS) is 16.6. The van der Waals surface area contributed by atoms with Gasteiger partial charge in [0.1, 0.15) is 11.9 Å². The van der Waals surface area contributed by atoms with Crippen LogP contribution in [0.2, 0.25) is 0 Å². The number of rotatable bonds is 7. The number of amides is 2. The van der Waals surface area contributed by atoms with E-state index in [-0.39, 0.29) is 19.5 Å². The van der Waals surface area contributed by atoms with Crippen molar-refractivity contribution in [2.75, 3.05) is 39.3 Å². The summed E-state index contributed by atoms with van der Waals surface area (Å²) in [4.78, 5) is 24.8. The van der Waals surface area contributed by atoms with Crippen molar-refractivity contribution in [3.8, 4) is 0 Å². The Morgan fingerprint density at radius 2 is 1.85 bits per heavy atom. The van der Waals surface area contributed by atoms with Crippen molar-refractivity contribution in [2.24, 2.45) is 0 Å². The minimum atomic E-state index is -4.47. The van der Waals surface area contributed by atoms with Crippen LogP contribution in [-0.4, -0.2) is 68.2 Å². The molecule has 1 aliphatic rings. The smallest absolute Gasteiger partial charge is 0.353 e. The summed E-state index contributed by atoms with van der Waals surface area (Å²) in [6.07, 6.45) is -4.59. The van der Waals surface area contributed by atoms with Gasteiger partial charge in [-0.1, -0.05) is 12.1 Å². The molecule has 0 saturated carbocycles. The van der Waals surface area contributed by atoms with Gasteiger partial charge in [-0.3, -0.25) is 14.5 Å². The molecule has 10 heteroatoms. The average molecular weight is 390 g/mol. The van der Waals surface area contributed by atoms with Crippen LogP contribution in [0.25, 0.3) is 0 Å². The number of carbonyl (C=O) groups is 2. The predicted molar refractivity (Wildman–Crippen MR) is 90.4 cm³/mol. The van der Waals surface area contributed by atoms with Crippen molar-refractivity contribution in [3.63, 3.8) is 0 Å². The minimum absolute atomic E-state index is 0.128. The molecule has 0 aliphatic carbocycles. The highest BCUT2D eigenvalue weighted by atomic mass is 19.4. The van der Waals surface area contributed by atoms with Crippen molar-refractivity contribution in [3.05, 3.63) is 35.6 Å². The molecule has 0 aromatic heterocycles. The number of carbonyl (C=O) groups excluding carboxylic acids is 2. The van der Waals surface area contributed by atoms with Crippen LogP contribution in [0.3, 0.4) is 0 Å². The van der Waals surface area contributed by atoms with Crippen LogP contribution in [0.4, 0.5) is 17.6 Å². The summed E-state index contributed by atoms with van der Waals surface area (Å²) in [5.74, 6) is -1.72. The minimum Gasteiger partial charge on any atom is -0.353 e. The van der Waals surface area contributed by atoms with Crippen LogP contribution >= 0.6 is 0 Å². The molecular weight excluding hydrogens is 368 g/mol. The second kappa shape index (κ2) is 9.65. The summed E-state index contributed by atoms with van der Waals surface area (Å²) in [7, 11) is 0. The maximum atomic E-state index is 13.2. The Morgan fingerprint density at radius 1 is 1.15 bits per heavy atom. The van der Waals surface area contributed by atoms with Gasteiger partial charge in [0.05, 0.1) is 13.0 Å². The fourth-order valence-electron chi connectivity index (χ4n) is 2.79. The molecule has 2 rings (SSSR count). The Morgan fingerprint density at radius 3 is 2.48 bits per heavy atom. The van der Waals surface area contributed by atoms with Crippen molar-refractivity contribution < 1.29 is 27.2 Å². The zero-order valence-electron chi connectivity index (χ0n) is 14.6. The van der Waals surface area contributed by atoms with E-state index in [1.807, 2.05) is 0 Å². The van der Waals surface area contributed by atoms with Crippen LogP contribution < -0.4 is 16.0 Å². The molecule has 1 aromatic carbocycles. The third kappa shape index (κ3) is 7.14. The van der Waals surface area contributed by atoms with E-state index in [0.29, 0.717) is 18.7 Å². The van der Waals surface area contributed by atoms with Gasteiger partial charge in [0.25, 0.3) is 0 Å². The van der Waals surface area contributed by atoms with Crippen LogP contribution in [0.15, 0.2) is 24.3 Å². The van der Waals surface area contributed by atoms with Gasteiger partial charge in [0.2, 0.25) is 11.8 Å². The molecule has 2 amide bonds. The van der Waals surface area contributed by atoms with Crippen molar-refractivity contribution >= 4 is 11.8 Å². The molecule has 1 unspecified atom stereocenters. The number of nitrogens with zero attached hydrogens (tertiary/aromatic N) is 1. The van der Waals surface area contributed by atoms with E-state index >= 15 is 0 Å². The molecule has 0 spiro atoms. The van der Waals surface area contributed by atoms with Gasteiger partial charge >= 0.3 is 6.18 Å². The topological polar surface area (TPSA) is 73.5 Å². The van der Waals surface area contributed by atoms with E-state index in [9.17, 15) is 27.2 Å². The lowest BCUT2D eigenvalue weighted by atomic mass is 10.1. The Hall–Kier alpha value is -2.20. The summed E-state index contributed by atoms with van der Waals surface area (Å²) in [5.41, 5.74) is 0.434. The lowest BCUT2D eigenvalue weighted by Gasteiger charge is -2.35. The van der Waals surface area contributed by atoms with Crippen molar-refractivity contribution in [1.29, 1.82) is 0 Å². The summed E-state index contributed by atoms with van der Waals surface area (Å²) < 4.78 is 52.8. The van der Waals surface area contributed by atoms with Gasteiger partial charge in [-0.2, -0.15) is 13.2 Å². The standard InChI is InChI=1S/C17H22F4N4O2/c18-13-3-1-2-12(8-13)9-15(26)24-11-16(27)23-10-14(17(19,20)21)25-6-4-22-5-7-25/h1-3,8,14,22H,4-7,9-11H2,(H,23,27)(H,24,26). The molecule has 150 valence electrons. The van der Waals surface area contributed by atoms with E-state index in [0.717, 1.165) is 0 Å². The molecule has 1 fully saturated rings. The Bertz CT molecular complexity index is 648. The van der Waals surface area contributed by atoms with E-state index in [4.69, 9.17) is 0 Å². The Kier molecular flexibility index (Phi) is 7.55. The molecule has 1 aromatic rings. The molecule has 1 saturated heterocycles. The molecule has 6 nitrogen and oxygen atoms in total. The van der Waals surface area contributed by atoms with Gasteiger partial charge < -0.3 is 16.0 Å². The average Bonchev–Trinajstić information content (AvgIpc) is 2.60. The van der Waals surface area contributed by atoms with E-state index in [1.165, 1.54) is 23.1 Å². The molecule has 1 atom stereocenters. The second-order valence-electron chi connectivity index (χ2n) is 6.23. The summed E-state index contributed by atoms with van der Waals surface area (Å²) >= 11 is 0. The highest BCUT2D eigenvalue weighted by molar-refractivity contribution is 5.85. The first kappa shape index (κ1) is 21.1. The van der Waals surface area contributed by atoms with E-state index < -0.39 is 42.9 Å². The predicted octanol–water partition coefficient (Wildman–Crippen LogP) is 0.437. The number of piperazine rings is 1. The summed E-state index contributed by atoms with van der Waals surface area (Å²) in [6.45, 7) is 0.366. The van der Waals surface area contributed by atoms with Crippen molar-refractivity contribution in [1.82, 2.24) is 20.9 Å². The van der Waals surface area contributed by atoms with Gasteiger partial charge in [0, 0.05) is 32.7 Å². The molecule has 0 bridgehead atoms. The number of benzene rings is 1. The summed E-state index contributed by atoms with van der Waals surface area (Å²) in [5, 5.41) is 7.51. The number of hydrogen-bond acceptors (Lipinski definition) is 4. The van der Waals surface area contributed by atoms with Gasteiger partial charge in [0.15, 0.2) is 0 Å². The van der Waals surface area contributed by atoms with Crippen LogP contribution in [0.1, 0.15) is 5.56 Å². The summed E-state index contributed by atoms with van der Waals surface area (Å²) in [6, 6.07) is 3.68. The van der Waals surface area contributed by atoms with Crippen LogP contribution in [-0.2, 0) is 16.0 Å². The third-order valence-electron chi connectivity index (χ3n) is 4.16. The largest absolute Gasteiger partial charge is 0.405 e. The maximum Gasteiger partial charge on any atom is 0.405 e. The number of nitrogens with one attached hydrogen (secondary N) is 3. The van der Waals surface area contributed by atoms with E-state index in [1.54, 1.807) is 6.07 Å². The Labute approximate surface area is 154 Å². The first-order valence-corrected chi connectivity index (χ1v) is 8.55. The fourth-order valence-corrected chi connectivity index (χ4v) is 2.79. The first-order chi connectivity index (χ1) is 12.8. The zero-order valence-corrected chi connectivity index (χ0v) is 14.6. The lowest BCUT2D eigenvalue weighted by Crippen LogP contribution is -2.58. The highest BCUT2D eigenvalue weighted by Gasteiger charge is 2.43. The Balaban J connectivity index is 1.77. The quantitative estimate of drug-likeness (QED) is 0.591. The second-order valence-corrected chi connectivity index (χ2v) is 6.23. The molecule has 3 N–H and O–H groups in total. The number of hydrogen-bond donors (Lipinski definition) is 3. The fraction of sp³-hybridized carbons (Fsp3) is 0.529. The first-order valence-electron chi connectivity index (χ1n) is 8.55. The van der Waals surface area contributed by atoms with Crippen molar-refractivity contribution in [2.45, 2.75) is 18.6 Å². The molecule has 27 heavy (non-hydrogen) atoms. The SMILES string of the molecule is O=C(CNC(=O)Cc1cccc(F)c1)NCC(N1CCNCC1)C(F)(F)F. The lowest BCUT2D eigenvalue weighted by molar-refractivity contribution is -0.184. The monoisotopic (exact) mass is 390 g/mol. The molecular formula is C17H22F4N4O2. The number of alkyl halides is 3. The molecule has 1 aliphatic heterocycles. The number of halogens is 4. The van der Waals surface area contributed by atoms with Gasteiger partial charge in [-0.15, -0.1) is 0 Å². The molecule has 0 radical (unpaired) electrons. The van der Waals surface area contributed by atoms with Crippen LogP contribution in [0.5, 0.6) is 0 Å². The maximum absolute atomic E-state index is 13.2. The highest BCUT2D eigenvalue weighted by Crippen LogP contribution is 2.24. The van der Waals surface area contributed by atoms with Crippen LogP contribution in [0, 0.1) is 5.82 Å². The third-order valence-corrected chi connectivity index (χ3v) is 4.16. The van der Waals surface area contributed by atoms with Gasteiger partial charge in [-0.25, -0.2) is 4.39 Å². The van der Waals surface area contributed by atoms with E-state index in [2.05, 4.69) is 16.0 Å². The van der Waals surface area contributed by atoms with Gasteiger partial charge in [-0.05, 0) is 17.7 Å². The zero-order chi connectivity index (χ0) is 19.9.